The first-order valence-electron chi connectivity index (χ1n) is 28.3. The molecule has 21 saturated heterocycles. The molecular weight excluding hydrogens is 1260 g/mol. The SMILES string of the molecule is C[C@H](CSCC1O[C@@H]2O[C@@H]3C(CO)OC(O[C@@H]4C(CO)O[C@@H](O[C@H]5C(CSC[C@@H](N)C(=O)O)O[C@@H](O[C@@H]6C(CO)O[C@H](O[C@@H]7C(CO)O[C@H](O[C@@H]8C(CO)O[C@H](O[C@H]1[C@H](O)C2O)C(O)[C@H]8O)[C@@H](O)C7O)[C@@H](O)C6O)[C@@H](O)C5O)[C@@H](O)C4O)C(O)[C@H]3O)C(=O)O. The van der Waals surface area contributed by atoms with Crippen molar-refractivity contribution in [3.8, 4) is 0 Å². The van der Waals surface area contributed by atoms with Gasteiger partial charge in [-0.25, -0.2) is 0 Å². The molecule has 0 aliphatic carbocycles. The number of carbonyl (C=O) groups is 2. The number of aliphatic carboxylic acids is 2. The second-order valence-electron chi connectivity index (χ2n) is 22.5. The van der Waals surface area contributed by atoms with Gasteiger partial charge in [0.25, 0.3) is 0 Å². The van der Waals surface area contributed by atoms with E-state index in [-0.39, 0.29) is 23.0 Å². The standard InChI is InChI=1S/C49H81NO37S2/c1-11(41(70)71)7-88-9-18-39-25(61)32(68)48(79-18)84-37-16(5-54)75-45(28(64)21(37)57)83-36-15(4-53)78-47(31(67)24(36)60)87-40-19(10-89-8-12(50)42(72)73)80-49(33(69)26(40)62)85-38-17(6-55)76-44(29(65)22(38)58)81-34-13(2-51)74-43(27(63)20(34)56)82-35-14(3-52)77-46(86-39)30(66)23(35)59/h11-40,43-49,51-69H,2-10,50H2,1H3,(H,70,71)(H,72,73)/t11-,12-,13?,14?,15?,16?,17?,18?,19?,20?,21-,22?,23-,24?,25-,26?,27+,28?,29+,30?,31+,32?,33+,34-,35-,36-,37-,38-,39-,40+,43-,44-,45?,46-,47+,48-,49+/m1/s1. The Hall–Kier alpha value is -1.72. The normalized spacial score (nSPS) is 50.1. The van der Waals surface area contributed by atoms with Crippen LogP contribution in [-0.2, 0) is 75.9 Å². The molecule has 0 amide bonds. The van der Waals surface area contributed by atoms with Crippen molar-refractivity contribution in [2.45, 2.75) is 228 Å². The quantitative estimate of drug-likeness (QED) is 0.0724. The van der Waals surface area contributed by atoms with Crippen molar-refractivity contribution in [3.05, 3.63) is 0 Å². The van der Waals surface area contributed by atoms with Gasteiger partial charge in [0.15, 0.2) is 44.0 Å². The van der Waals surface area contributed by atoms with Gasteiger partial charge in [-0.05, 0) is 0 Å². The van der Waals surface area contributed by atoms with Crippen LogP contribution < -0.4 is 5.73 Å². The number of ether oxygens (including phenoxy) is 14. The number of rotatable bonds is 15. The van der Waals surface area contributed by atoms with E-state index in [1.165, 1.54) is 6.92 Å². The number of carboxylic acids is 2. The van der Waals surface area contributed by atoms with Gasteiger partial charge < -0.3 is 179 Å². The number of hydrogen-bond acceptors (Lipinski definition) is 38. The summed E-state index contributed by atoms with van der Waals surface area (Å²) < 4.78 is 81.8. The highest BCUT2D eigenvalue weighted by atomic mass is 32.2. The molecule has 37 atom stereocenters. The van der Waals surface area contributed by atoms with E-state index in [1.54, 1.807) is 0 Å². The molecular formula is C49H81NO37S2. The van der Waals surface area contributed by atoms with Crippen molar-refractivity contribution in [1.82, 2.24) is 0 Å². The second-order valence-corrected chi connectivity index (χ2v) is 24.7. The molecule has 21 aliphatic rings. The molecule has 40 heteroatoms. The third kappa shape index (κ3) is 15.9. The predicted molar refractivity (Wildman–Crippen MR) is 281 cm³/mol. The molecule has 21 rings (SSSR count). The van der Waals surface area contributed by atoms with Gasteiger partial charge in [-0.3, -0.25) is 9.59 Å². The van der Waals surface area contributed by atoms with Crippen LogP contribution >= 0.6 is 23.5 Å². The van der Waals surface area contributed by atoms with Gasteiger partial charge in [-0.2, -0.15) is 23.5 Å². The molecule has 0 aromatic heterocycles. The lowest BCUT2D eigenvalue weighted by Crippen LogP contribution is -2.68. The lowest BCUT2D eigenvalue weighted by Gasteiger charge is -2.50. The average Bonchev–Trinajstić information content (AvgIpc) is 0.983. The van der Waals surface area contributed by atoms with Gasteiger partial charge in [0.05, 0.1) is 51.2 Å². The van der Waals surface area contributed by atoms with Crippen LogP contribution in [0.5, 0.6) is 0 Å². The monoisotopic (exact) mass is 1340 g/mol. The number of nitrogens with two attached hydrogens (primary N) is 1. The maximum absolute atomic E-state index is 11.7. The molecule has 15 unspecified atom stereocenters. The first kappa shape index (κ1) is 73.1. The van der Waals surface area contributed by atoms with Crippen LogP contribution in [0.4, 0.5) is 0 Å². The molecule has 14 bridgehead atoms. The van der Waals surface area contributed by atoms with Crippen LogP contribution in [0, 0.1) is 5.92 Å². The number of thioether (sulfide) groups is 2. The molecule has 38 nitrogen and oxygen atoms in total. The van der Waals surface area contributed by atoms with E-state index < -0.39 is 272 Å². The Kier molecular flexibility index (Phi) is 26.2. The Bertz CT molecular complexity index is 2190. The maximum atomic E-state index is 11.7. The molecule has 0 saturated carbocycles. The zero-order valence-electron chi connectivity index (χ0n) is 47.0. The van der Waals surface area contributed by atoms with E-state index in [4.69, 9.17) is 72.0 Å². The molecule has 0 aromatic rings. The third-order valence-corrected chi connectivity index (χ3v) is 18.9. The van der Waals surface area contributed by atoms with Crippen LogP contribution in [-0.4, -0.2) is 396 Å². The Balaban J connectivity index is 1.11. The molecule has 21 fully saturated rings. The van der Waals surface area contributed by atoms with Crippen molar-refractivity contribution in [2.24, 2.45) is 11.7 Å². The second kappa shape index (κ2) is 31.9. The summed E-state index contributed by atoms with van der Waals surface area (Å²) in [7, 11) is 0. The smallest absolute Gasteiger partial charge is 0.321 e. The summed E-state index contributed by atoms with van der Waals surface area (Å²) in [5.74, 6) is -4.70. The van der Waals surface area contributed by atoms with Crippen molar-refractivity contribution in [3.63, 3.8) is 0 Å². The number of aliphatic hydroxyl groups is 19. The third-order valence-electron chi connectivity index (χ3n) is 16.4. The lowest BCUT2D eigenvalue weighted by atomic mass is 9.95. The largest absolute Gasteiger partial charge is 0.481 e. The van der Waals surface area contributed by atoms with Crippen molar-refractivity contribution in [1.29, 1.82) is 0 Å². The lowest BCUT2D eigenvalue weighted by molar-refractivity contribution is -0.395. The van der Waals surface area contributed by atoms with Crippen LogP contribution in [0.3, 0.4) is 0 Å². The van der Waals surface area contributed by atoms with Gasteiger partial charge in [0, 0.05) is 23.0 Å². The first-order chi connectivity index (χ1) is 42.2. The number of hydrogen-bond donors (Lipinski definition) is 22. The Morgan fingerprint density at radius 1 is 0.315 bits per heavy atom. The van der Waals surface area contributed by atoms with Crippen molar-refractivity contribution >= 4 is 35.5 Å². The molecule has 516 valence electrons. The summed E-state index contributed by atoms with van der Waals surface area (Å²) >= 11 is 1.72. The molecule has 0 aromatic carbocycles. The summed E-state index contributed by atoms with van der Waals surface area (Å²) in [6.07, 6.45) is -70.9. The minimum atomic E-state index is -2.25. The zero-order chi connectivity index (χ0) is 65.2. The van der Waals surface area contributed by atoms with Gasteiger partial charge >= 0.3 is 11.9 Å². The van der Waals surface area contributed by atoms with Gasteiger partial charge in [0.2, 0.25) is 0 Å². The Morgan fingerprint density at radius 2 is 0.506 bits per heavy atom. The Morgan fingerprint density at radius 3 is 0.697 bits per heavy atom. The number of aliphatic hydroxyl groups excluding tert-OH is 19. The fraction of sp³-hybridized carbons (Fsp3) is 0.959. The highest BCUT2D eigenvalue weighted by Crippen LogP contribution is 2.40. The van der Waals surface area contributed by atoms with Crippen LogP contribution in [0.2, 0.25) is 0 Å². The average molecular weight is 1340 g/mol. The topological polar surface area (TPSA) is 614 Å². The van der Waals surface area contributed by atoms with Crippen LogP contribution in [0.25, 0.3) is 0 Å². The van der Waals surface area contributed by atoms with E-state index in [9.17, 15) is 117 Å². The fourth-order valence-electron chi connectivity index (χ4n) is 11.2. The summed E-state index contributed by atoms with van der Waals surface area (Å²) in [5, 5.41) is 233. The van der Waals surface area contributed by atoms with Gasteiger partial charge in [-0.1, -0.05) is 6.92 Å². The minimum Gasteiger partial charge on any atom is -0.481 e. The molecule has 21 aliphatic heterocycles. The van der Waals surface area contributed by atoms with E-state index in [0.717, 1.165) is 23.5 Å². The Labute approximate surface area is 512 Å². The maximum Gasteiger partial charge on any atom is 0.321 e. The van der Waals surface area contributed by atoms with E-state index >= 15 is 0 Å². The van der Waals surface area contributed by atoms with Crippen LogP contribution in [0.15, 0.2) is 0 Å². The van der Waals surface area contributed by atoms with E-state index in [1.807, 2.05) is 0 Å². The fourth-order valence-corrected chi connectivity index (χ4v) is 13.4. The molecule has 0 radical (unpaired) electrons. The van der Waals surface area contributed by atoms with Crippen LogP contribution in [0.1, 0.15) is 6.92 Å². The summed E-state index contributed by atoms with van der Waals surface area (Å²) in [6.45, 7) is -4.01. The summed E-state index contributed by atoms with van der Waals surface area (Å²) in [4.78, 5) is 23.3. The molecule has 89 heavy (non-hydrogen) atoms. The predicted octanol–water partition coefficient (Wildman–Crippen LogP) is -13.6. The highest BCUT2D eigenvalue weighted by Gasteiger charge is 2.60. The van der Waals surface area contributed by atoms with E-state index in [0.29, 0.717) is 0 Å². The van der Waals surface area contributed by atoms with Gasteiger partial charge in [0.1, 0.15) is 165 Å². The van der Waals surface area contributed by atoms with Gasteiger partial charge in [-0.15, -0.1) is 0 Å². The minimum absolute atomic E-state index is 0.0967. The zero-order valence-corrected chi connectivity index (χ0v) is 48.7. The van der Waals surface area contributed by atoms with E-state index in [2.05, 4.69) is 0 Å². The molecule has 0 spiro atoms. The first-order valence-corrected chi connectivity index (χ1v) is 30.6. The highest BCUT2D eigenvalue weighted by molar-refractivity contribution is 7.99. The summed E-state index contributed by atoms with van der Waals surface area (Å²) in [6, 6.07) is -1.46. The molecule has 23 N–H and O–H groups in total. The summed E-state index contributed by atoms with van der Waals surface area (Å²) in [5.41, 5.74) is 5.70. The molecule has 21 heterocycles. The van der Waals surface area contributed by atoms with Crippen molar-refractivity contribution < 1.29 is 183 Å². The van der Waals surface area contributed by atoms with Crippen molar-refractivity contribution in [2.75, 3.05) is 56.0 Å². The number of carboxylic acid groups (broad SMARTS) is 2.